The number of fused-ring (bicyclic) bond motifs is 3. The molecule has 6 aromatic rings. The smallest absolute Gasteiger partial charge is 0.275 e. The summed E-state index contributed by atoms with van der Waals surface area (Å²) >= 11 is 6.27. The first kappa shape index (κ1) is 81.2. The van der Waals surface area contributed by atoms with E-state index in [1.807, 2.05) is 24.3 Å². The number of nitrogens with zero attached hydrogens (tertiary/aromatic N) is 12. The summed E-state index contributed by atoms with van der Waals surface area (Å²) in [7, 11) is 0. The van der Waals surface area contributed by atoms with E-state index in [4.69, 9.17) is 11.6 Å². The second-order valence-corrected chi connectivity index (χ2v) is 34.4. The van der Waals surface area contributed by atoms with E-state index >= 15 is 0 Å². The van der Waals surface area contributed by atoms with E-state index < -0.39 is 34.6 Å². The molecule has 0 radical (unpaired) electrons. The van der Waals surface area contributed by atoms with Crippen molar-refractivity contribution in [3.8, 4) is 34.2 Å². The Morgan fingerprint density at radius 3 is 1.29 bits per heavy atom. The van der Waals surface area contributed by atoms with Crippen LogP contribution in [-0.2, 0) is 19.6 Å². The number of hydrogen-bond acceptors (Lipinski definition) is 12. The van der Waals surface area contributed by atoms with Gasteiger partial charge in [0.25, 0.3) is 17.8 Å². The molecule has 3 N–H and O–H groups in total. The molecule has 15 nitrogen and oxygen atoms in total. The van der Waals surface area contributed by atoms with Gasteiger partial charge in [-0.15, -0.1) is 25.5 Å². The highest BCUT2D eigenvalue weighted by atomic mass is 35.5. The van der Waals surface area contributed by atoms with Crippen molar-refractivity contribution < 1.29 is 50.4 Å². The third kappa shape index (κ3) is 18.4. The number of alkyl halides is 6. The number of allylic oxidation sites excluding steroid dienone is 6. The molecule has 12 rings (SSSR count). The first-order valence-electron chi connectivity index (χ1n) is 38.2. The van der Waals surface area contributed by atoms with Crippen LogP contribution in [0.3, 0.4) is 0 Å². The maximum atomic E-state index is 14.4. The zero-order valence-corrected chi connectivity index (χ0v) is 64.2. The molecule has 0 saturated heterocycles. The van der Waals surface area contributed by atoms with Gasteiger partial charge in [0, 0.05) is 36.0 Å². The summed E-state index contributed by atoms with van der Waals surface area (Å²) in [6, 6.07) is 19.9. The molecule has 0 spiro atoms. The molecule has 0 bridgehead atoms. The van der Waals surface area contributed by atoms with E-state index in [1.165, 1.54) is 87.3 Å². The fraction of sp³-hybridized carbons (Fsp3) is 0.667. The van der Waals surface area contributed by atoms with Crippen LogP contribution in [0.25, 0.3) is 34.2 Å². The van der Waals surface area contributed by atoms with Crippen molar-refractivity contribution in [2.45, 2.75) is 272 Å². The van der Waals surface area contributed by atoms with Crippen molar-refractivity contribution in [3.05, 3.63) is 124 Å². The summed E-state index contributed by atoms with van der Waals surface area (Å²) in [5.41, 5.74) is 0.536. The van der Waals surface area contributed by atoms with Gasteiger partial charge in [0.2, 0.25) is 11.6 Å². The number of benzene rings is 3. The Bertz CT molecular complexity index is 3980. The van der Waals surface area contributed by atoms with E-state index in [-0.39, 0.29) is 64.9 Å². The number of hydrogen-bond donors (Lipinski definition) is 3. The fourth-order valence-corrected chi connectivity index (χ4v) is 19.6. The molecule has 3 aromatic carbocycles. The Morgan fingerprint density at radius 1 is 0.495 bits per heavy atom. The molecule has 12 atom stereocenters. The van der Waals surface area contributed by atoms with Crippen molar-refractivity contribution in [1.82, 2.24) is 60.6 Å². The van der Waals surface area contributed by atoms with Crippen LogP contribution in [0.15, 0.2) is 108 Å². The Hall–Kier alpha value is -6.30. The lowest BCUT2D eigenvalue weighted by Crippen LogP contribution is -2.43. The summed E-state index contributed by atoms with van der Waals surface area (Å²) in [5.74, 6) is -5.47. The Balaban J connectivity index is 0.000000169. The second kappa shape index (κ2) is 32.5. The molecule has 24 heteroatoms. The lowest BCUT2D eigenvalue weighted by molar-refractivity contribution is -0.168. The zero-order valence-electron chi connectivity index (χ0n) is 63.4. The van der Waals surface area contributed by atoms with Gasteiger partial charge in [-0.2, -0.15) is 9.59 Å². The van der Waals surface area contributed by atoms with Gasteiger partial charge in [-0.1, -0.05) is 124 Å². The summed E-state index contributed by atoms with van der Waals surface area (Å²) < 4.78 is 115. The summed E-state index contributed by atoms with van der Waals surface area (Å²) in [6.45, 7) is 22.1. The monoisotopic (exact) mass is 1490 g/mol. The van der Waals surface area contributed by atoms with Crippen molar-refractivity contribution in [2.75, 3.05) is 0 Å². The van der Waals surface area contributed by atoms with Crippen LogP contribution in [0.5, 0.6) is 0 Å². The summed E-state index contributed by atoms with van der Waals surface area (Å²) in [6.07, 6.45) is 23.1. The third-order valence-electron chi connectivity index (χ3n) is 25.9. The van der Waals surface area contributed by atoms with Gasteiger partial charge in [-0.3, -0.25) is 0 Å². The van der Waals surface area contributed by atoms with Crippen molar-refractivity contribution in [2.24, 2.45) is 69.5 Å². The Morgan fingerprint density at radius 2 is 0.876 bits per heavy atom. The minimum absolute atomic E-state index is 0.0829. The minimum Gasteiger partial charge on any atom is -0.384 e. The fourth-order valence-electron chi connectivity index (χ4n) is 19.4. The molecule has 3 heterocycles. The highest BCUT2D eigenvalue weighted by Gasteiger charge is 2.55. The van der Waals surface area contributed by atoms with Crippen LogP contribution in [0.1, 0.15) is 218 Å². The average Bonchev–Trinajstić information content (AvgIpc) is 1.63. The minimum atomic E-state index is -3.09. The van der Waals surface area contributed by atoms with Crippen LogP contribution in [0.4, 0.5) is 35.1 Å². The van der Waals surface area contributed by atoms with E-state index in [0.717, 1.165) is 102 Å². The highest BCUT2D eigenvalue weighted by Crippen LogP contribution is 2.63. The molecule has 6 aliphatic rings. The number of rotatable bonds is 24. The van der Waals surface area contributed by atoms with Crippen LogP contribution in [0.2, 0.25) is 5.02 Å². The summed E-state index contributed by atoms with van der Waals surface area (Å²) in [4.78, 5) is 3.14. The van der Waals surface area contributed by atoms with E-state index in [9.17, 15) is 50.4 Å². The normalized spacial score (nSPS) is 27.3. The molecule has 0 amide bonds. The lowest BCUT2D eigenvalue weighted by Gasteiger charge is -2.44. The van der Waals surface area contributed by atoms with E-state index in [2.05, 4.69) is 106 Å². The van der Waals surface area contributed by atoms with Gasteiger partial charge < -0.3 is 15.3 Å². The number of aliphatic hydroxyl groups is 3. The Labute approximate surface area is 619 Å². The molecular weight excluding hydrogens is 1380 g/mol. The first-order valence-corrected chi connectivity index (χ1v) is 38.6. The summed E-state index contributed by atoms with van der Waals surface area (Å²) in [5, 5.41) is 67.7. The second-order valence-electron chi connectivity index (χ2n) is 34.0. The maximum absolute atomic E-state index is 14.4. The molecule has 0 aliphatic heterocycles. The molecule has 6 saturated carbocycles. The number of tetrazole rings is 3. The SMILES string of the molecule is C[C@H](CCC(F)(F)C(C)(C)O)[C@H]1CC[C@H]2/C(=C/Cn3nnc(-c4cccc(F)c4)n3)CCC[C@]12C.C[C@H](CCC(F)(F)C(C)(C)O)[C@H]1CC[C@H]2/C(=C/Cn3nnc(-c4ccccc4Cl)n3)CCC[C@]12C.C[C@H](CCC(F)(F)C(C)(C)O)[C@H]1CC[C@H]2/C(=C/Cn3nnnc3-c3cccc(F)c3)CCC[C@]12C. The topological polar surface area (TPSA) is 191 Å². The zero-order chi connectivity index (χ0) is 76.3. The van der Waals surface area contributed by atoms with Crippen molar-refractivity contribution >= 4 is 11.6 Å². The standard InChI is InChI=1S/C27H37ClF2N4O.2C27H37F3N4O/c1-18(13-16-27(29,30)25(2,3)35)21-11-12-22-19(8-7-15-26(21,22)4)14-17-34-32-24(31-33-34)20-9-5-6-10-23(20)28;1-18(12-15-27(29,30)25(2,3)35)22-10-11-23-19(8-6-14-26(22,23)4)13-16-34-24(31-32-33-34)20-7-5-9-21(28)17-20;1-18(12-15-27(29,30)25(2,3)35)22-10-11-23-19(8-6-14-26(22,23)4)13-16-34-32-24(31-33-34)20-7-5-9-21(28)17-20/h5-6,9-10,14,18,21-22,35H,7-8,11-13,15-17H2,1-4H3;2*5,7,9,13,17-18,22-23,35H,6,8,10-12,14-16H2,1-4H3/b19-14+;2*19-13+/t18-,21-,22+,26-;2*18-,22-,23+,26-/m111/s1. The molecule has 0 unspecified atom stereocenters. The maximum Gasteiger partial charge on any atom is 0.275 e. The molecular formula is C81H111ClF8N12O3. The van der Waals surface area contributed by atoms with Crippen molar-refractivity contribution in [3.63, 3.8) is 0 Å². The largest absolute Gasteiger partial charge is 0.384 e. The van der Waals surface area contributed by atoms with Crippen LogP contribution in [-0.4, -0.2) is 111 Å². The average molecular weight is 1490 g/mol. The Kier molecular flexibility index (Phi) is 25.1. The van der Waals surface area contributed by atoms with Crippen LogP contribution < -0.4 is 0 Å². The first-order chi connectivity index (χ1) is 49.2. The van der Waals surface area contributed by atoms with Crippen molar-refractivity contribution in [1.29, 1.82) is 0 Å². The number of aromatic nitrogens is 12. The predicted octanol–water partition coefficient (Wildman–Crippen LogP) is 19.8. The van der Waals surface area contributed by atoms with Gasteiger partial charge >= 0.3 is 0 Å². The molecule has 6 fully saturated rings. The van der Waals surface area contributed by atoms with Gasteiger partial charge in [0.05, 0.1) is 24.7 Å². The molecule has 3 aromatic heterocycles. The van der Waals surface area contributed by atoms with Gasteiger partial charge in [0.15, 0.2) is 5.82 Å². The lowest BCUT2D eigenvalue weighted by atomic mass is 9.60. The number of halogens is 9. The third-order valence-corrected chi connectivity index (χ3v) is 26.2. The predicted molar refractivity (Wildman–Crippen MR) is 392 cm³/mol. The van der Waals surface area contributed by atoms with Gasteiger partial charge in [-0.25, -0.2) is 39.8 Å². The molecule has 105 heavy (non-hydrogen) atoms. The quantitative estimate of drug-likeness (QED) is 0.0384. The van der Waals surface area contributed by atoms with Crippen LogP contribution in [0, 0.1) is 81.1 Å². The van der Waals surface area contributed by atoms with Gasteiger partial charge in [0.1, 0.15) is 28.4 Å². The highest BCUT2D eigenvalue weighted by molar-refractivity contribution is 6.33. The molecule has 576 valence electrons. The van der Waals surface area contributed by atoms with E-state index in [1.54, 1.807) is 33.7 Å². The van der Waals surface area contributed by atoms with Crippen LogP contribution >= 0.6 is 11.6 Å². The molecule has 6 aliphatic carbocycles. The van der Waals surface area contributed by atoms with E-state index in [0.29, 0.717) is 108 Å². The van der Waals surface area contributed by atoms with Gasteiger partial charge in [-0.05, 0) is 284 Å².